The van der Waals surface area contributed by atoms with Crippen molar-refractivity contribution < 1.29 is 9.59 Å². The summed E-state index contributed by atoms with van der Waals surface area (Å²) >= 11 is 0. The average molecular weight is 288 g/mol. The summed E-state index contributed by atoms with van der Waals surface area (Å²) in [4.78, 5) is 25.2. The van der Waals surface area contributed by atoms with Gasteiger partial charge < -0.3 is 10.2 Å². The molecule has 1 N–H and O–H groups in total. The van der Waals surface area contributed by atoms with Gasteiger partial charge in [0.15, 0.2) is 0 Å². The number of aryl methyl sites for hydroxylation is 1. The van der Waals surface area contributed by atoms with Crippen LogP contribution in [-0.4, -0.2) is 36.3 Å². The Morgan fingerprint density at radius 2 is 1.81 bits per heavy atom. The molecule has 4 heteroatoms. The van der Waals surface area contributed by atoms with Gasteiger partial charge in [0.2, 0.25) is 5.91 Å². The van der Waals surface area contributed by atoms with E-state index in [0.717, 1.165) is 44.5 Å². The molecule has 0 radical (unpaired) electrons. The minimum atomic E-state index is 0.0296. The number of carbonyl (C=O) groups is 2. The second-order valence-corrected chi connectivity index (χ2v) is 5.87. The third kappa shape index (κ3) is 4.59. The number of carbonyl (C=O) groups excluding carboxylic acids is 2. The zero-order chi connectivity index (χ0) is 15.2. The second kappa shape index (κ2) is 7.25. The second-order valence-electron chi connectivity index (χ2n) is 5.87. The summed E-state index contributed by atoms with van der Waals surface area (Å²) in [7, 11) is 0. The highest BCUT2D eigenvalue weighted by Crippen LogP contribution is 2.21. The third-order valence-corrected chi connectivity index (χ3v) is 4.13. The number of rotatable bonds is 4. The number of hydrogen-bond donors (Lipinski definition) is 1. The van der Waals surface area contributed by atoms with Gasteiger partial charge in [-0.25, -0.2) is 0 Å². The monoisotopic (exact) mass is 288 g/mol. The fourth-order valence-corrected chi connectivity index (χ4v) is 2.76. The van der Waals surface area contributed by atoms with E-state index in [2.05, 4.69) is 5.32 Å². The molecule has 1 aliphatic rings. The Morgan fingerprint density at radius 1 is 1.19 bits per heavy atom. The van der Waals surface area contributed by atoms with Crippen LogP contribution in [0.25, 0.3) is 0 Å². The summed E-state index contributed by atoms with van der Waals surface area (Å²) in [5.74, 6) is 0.774. The van der Waals surface area contributed by atoms with Gasteiger partial charge in [-0.2, -0.15) is 0 Å². The number of benzene rings is 1. The predicted molar refractivity (Wildman–Crippen MR) is 83.1 cm³/mol. The Morgan fingerprint density at radius 3 is 2.38 bits per heavy atom. The lowest BCUT2D eigenvalue weighted by Crippen LogP contribution is -2.39. The topological polar surface area (TPSA) is 49.4 Å². The summed E-state index contributed by atoms with van der Waals surface area (Å²) in [6.07, 6.45) is 3.06. The Hall–Kier alpha value is -1.84. The van der Waals surface area contributed by atoms with Crippen molar-refractivity contribution in [2.45, 2.75) is 33.1 Å². The molecule has 0 saturated carbocycles. The maximum atomic E-state index is 12.4. The smallest absolute Gasteiger partial charge is 0.253 e. The highest BCUT2D eigenvalue weighted by molar-refractivity contribution is 5.94. The number of likely N-dealkylation sites (tertiary alicyclic amines) is 1. The standard InChI is InChI=1S/C17H24N2O2/c1-13-3-5-16(6-4-13)17(21)19-11-8-15(9-12-19)7-10-18-14(2)20/h3-6,15H,7-12H2,1-2H3,(H,18,20). The predicted octanol–water partition coefficient (Wildman–Crippen LogP) is 2.37. The van der Waals surface area contributed by atoms with Crippen LogP contribution < -0.4 is 5.32 Å². The lowest BCUT2D eigenvalue weighted by molar-refractivity contribution is -0.119. The van der Waals surface area contributed by atoms with Crippen LogP contribution in [-0.2, 0) is 4.79 Å². The van der Waals surface area contributed by atoms with Gasteiger partial charge in [-0.1, -0.05) is 17.7 Å². The Labute approximate surface area is 126 Å². The Bertz CT molecular complexity index is 488. The molecular weight excluding hydrogens is 264 g/mol. The summed E-state index contributed by atoms with van der Waals surface area (Å²) < 4.78 is 0. The number of nitrogens with zero attached hydrogens (tertiary/aromatic N) is 1. The van der Waals surface area contributed by atoms with Gasteiger partial charge in [0.1, 0.15) is 0 Å². The van der Waals surface area contributed by atoms with E-state index < -0.39 is 0 Å². The van der Waals surface area contributed by atoms with Gasteiger partial charge >= 0.3 is 0 Å². The van der Waals surface area contributed by atoms with E-state index in [-0.39, 0.29) is 11.8 Å². The Kier molecular flexibility index (Phi) is 5.37. The van der Waals surface area contributed by atoms with Gasteiger partial charge in [-0.3, -0.25) is 9.59 Å². The SMILES string of the molecule is CC(=O)NCCC1CCN(C(=O)c2ccc(C)cc2)CC1. The molecule has 2 rings (SSSR count). The summed E-state index contributed by atoms with van der Waals surface area (Å²) in [6, 6.07) is 7.77. The van der Waals surface area contributed by atoms with E-state index in [0.29, 0.717) is 5.92 Å². The van der Waals surface area contributed by atoms with Crippen molar-refractivity contribution in [1.82, 2.24) is 10.2 Å². The maximum Gasteiger partial charge on any atom is 0.253 e. The number of piperidine rings is 1. The van der Waals surface area contributed by atoms with Gasteiger partial charge in [0.05, 0.1) is 0 Å². The van der Waals surface area contributed by atoms with Crippen molar-refractivity contribution in [2.75, 3.05) is 19.6 Å². The molecule has 1 aromatic carbocycles. The van der Waals surface area contributed by atoms with Crippen LogP contribution in [0.4, 0.5) is 0 Å². The minimum absolute atomic E-state index is 0.0296. The summed E-state index contributed by atoms with van der Waals surface area (Å²) in [6.45, 7) is 5.94. The summed E-state index contributed by atoms with van der Waals surface area (Å²) in [5.41, 5.74) is 1.94. The van der Waals surface area contributed by atoms with Crippen LogP contribution >= 0.6 is 0 Å². The van der Waals surface area contributed by atoms with Gasteiger partial charge in [0, 0.05) is 32.1 Å². The first-order valence-electron chi connectivity index (χ1n) is 7.66. The first kappa shape index (κ1) is 15.5. The summed E-state index contributed by atoms with van der Waals surface area (Å²) in [5, 5.41) is 2.84. The van der Waals surface area contributed by atoms with Crippen molar-refractivity contribution in [3.05, 3.63) is 35.4 Å². The number of hydrogen-bond acceptors (Lipinski definition) is 2. The van der Waals surface area contributed by atoms with Crippen molar-refractivity contribution in [3.63, 3.8) is 0 Å². The fourth-order valence-electron chi connectivity index (χ4n) is 2.76. The van der Waals surface area contributed by atoms with Crippen molar-refractivity contribution >= 4 is 11.8 Å². The van der Waals surface area contributed by atoms with Crippen molar-refractivity contribution in [1.29, 1.82) is 0 Å². The molecule has 0 aliphatic carbocycles. The fraction of sp³-hybridized carbons (Fsp3) is 0.529. The van der Waals surface area contributed by atoms with Crippen LogP contribution in [0, 0.1) is 12.8 Å². The molecule has 1 saturated heterocycles. The molecule has 0 aromatic heterocycles. The molecule has 2 amide bonds. The molecule has 0 atom stereocenters. The zero-order valence-corrected chi connectivity index (χ0v) is 12.9. The Balaban J connectivity index is 1.79. The maximum absolute atomic E-state index is 12.4. The minimum Gasteiger partial charge on any atom is -0.356 e. The van der Waals surface area contributed by atoms with Crippen LogP contribution in [0.3, 0.4) is 0 Å². The van der Waals surface area contributed by atoms with Gasteiger partial charge in [0.25, 0.3) is 5.91 Å². The normalized spacial score (nSPS) is 15.8. The molecule has 0 bridgehead atoms. The van der Waals surface area contributed by atoms with E-state index >= 15 is 0 Å². The van der Waals surface area contributed by atoms with E-state index in [1.54, 1.807) is 6.92 Å². The van der Waals surface area contributed by atoms with E-state index in [1.807, 2.05) is 36.1 Å². The van der Waals surface area contributed by atoms with E-state index in [1.165, 1.54) is 5.56 Å². The van der Waals surface area contributed by atoms with Crippen LogP contribution in [0.2, 0.25) is 0 Å². The molecule has 1 aromatic rings. The first-order valence-corrected chi connectivity index (χ1v) is 7.66. The zero-order valence-electron chi connectivity index (χ0n) is 12.9. The molecule has 21 heavy (non-hydrogen) atoms. The molecule has 114 valence electrons. The van der Waals surface area contributed by atoms with Crippen LogP contribution in [0.1, 0.15) is 42.1 Å². The van der Waals surface area contributed by atoms with Gasteiger partial charge in [-0.05, 0) is 44.2 Å². The lowest BCUT2D eigenvalue weighted by Gasteiger charge is -2.32. The van der Waals surface area contributed by atoms with E-state index in [4.69, 9.17) is 0 Å². The average Bonchev–Trinajstić information content (AvgIpc) is 2.48. The van der Waals surface area contributed by atoms with Crippen LogP contribution in [0.15, 0.2) is 24.3 Å². The molecule has 4 nitrogen and oxygen atoms in total. The highest BCUT2D eigenvalue weighted by Gasteiger charge is 2.23. The highest BCUT2D eigenvalue weighted by atomic mass is 16.2. The molecular formula is C17H24N2O2. The lowest BCUT2D eigenvalue weighted by atomic mass is 9.93. The molecule has 1 heterocycles. The molecule has 0 spiro atoms. The largest absolute Gasteiger partial charge is 0.356 e. The third-order valence-electron chi connectivity index (χ3n) is 4.13. The number of amides is 2. The van der Waals surface area contributed by atoms with Crippen molar-refractivity contribution in [3.8, 4) is 0 Å². The molecule has 1 fully saturated rings. The van der Waals surface area contributed by atoms with Crippen molar-refractivity contribution in [2.24, 2.45) is 5.92 Å². The van der Waals surface area contributed by atoms with E-state index in [9.17, 15) is 9.59 Å². The molecule has 1 aliphatic heterocycles. The van der Waals surface area contributed by atoms with Gasteiger partial charge in [-0.15, -0.1) is 0 Å². The molecule has 0 unspecified atom stereocenters. The number of nitrogens with one attached hydrogen (secondary N) is 1. The first-order chi connectivity index (χ1) is 10.1. The quantitative estimate of drug-likeness (QED) is 0.924. The van der Waals surface area contributed by atoms with Crippen LogP contribution in [0.5, 0.6) is 0 Å².